The molecule has 0 aliphatic rings. The number of halogens is 1. The second kappa shape index (κ2) is 12.2. The zero-order chi connectivity index (χ0) is 30.8. The molecule has 0 bridgehead atoms. The Morgan fingerprint density at radius 2 is 1.86 bits per heavy atom. The third-order valence-corrected chi connectivity index (χ3v) is 7.69. The number of hydrogen-bond donors (Lipinski definition) is 2. The van der Waals surface area contributed by atoms with Gasteiger partial charge < -0.3 is 15.4 Å². The molecule has 9 heteroatoms. The second-order valence-electron chi connectivity index (χ2n) is 10.3. The van der Waals surface area contributed by atoms with Crippen molar-refractivity contribution in [2.24, 2.45) is 0 Å². The molecule has 2 N–H and O–H groups in total. The third kappa shape index (κ3) is 5.59. The van der Waals surface area contributed by atoms with Crippen LogP contribution in [0.4, 0.5) is 5.82 Å². The molecule has 0 spiro atoms. The number of benzene rings is 2. The molecule has 0 unspecified atom stereocenters. The number of amides is 1. The summed E-state index contributed by atoms with van der Waals surface area (Å²) < 4.78 is 7.54. The molecule has 4 aromatic heterocycles. The summed E-state index contributed by atoms with van der Waals surface area (Å²) in [5.41, 5.74) is 5.92. The van der Waals surface area contributed by atoms with Gasteiger partial charge in [0.1, 0.15) is 22.9 Å². The summed E-state index contributed by atoms with van der Waals surface area (Å²) in [4.78, 5) is 26.9. The van der Waals surface area contributed by atoms with Crippen molar-refractivity contribution < 1.29 is 9.53 Å². The minimum absolute atomic E-state index is 0.207. The number of aryl methyl sites for hydroxylation is 1. The SMILES string of the molecule is CN[C@@H](C)C(=O)Nc1ccc(-c2c(-c3cccnc3OC)nc3cc(Cl)ccn23)c(C#Cc2ccc3c(C)cccc3c2)n1. The van der Waals surface area contributed by atoms with Crippen LogP contribution in [0.2, 0.25) is 5.02 Å². The summed E-state index contributed by atoms with van der Waals surface area (Å²) in [5, 5.41) is 8.69. The lowest BCUT2D eigenvalue weighted by atomic mass is 10.0. The molecule has 0 aliphatic heterocycles. The highest BCUT2D eigenvalue weighted by Crippen LogP contribution is 2.38. The highest BCUT2D eigenvalue weighted by molar-refractivity contribution is 6.30. The van der Waals surface area contributed by atoms with Crippen molar-refractivity contribution in [1.29, 1.82) is 0 Å². The van der Waals surface area contributed by atoms with Crippen LogP contribution < -0.4 is 15.4 Å². The van der Waals surface area contributed by atoms with Gasteiger partial charge in [0.15, 0.2) is 0 Å². The first-order chi connectivity index (χ1) is 21.4. The summed E-state index contributed by atoms with van der Waals surface area (Å²) >= 11 is 6.37. The lowest BCUT2D eigenvalue weighted by Gasteiger charge is -2.13. The van der Waals surface area contributed by atoms with Crippen LogP contribution in [0.5, 0.6) is 5.88 Å². The Morgan fingerprint density at radius 3 is 2.68 bits per heavy atom. The second-order valence-corrected chi connectivity index (χ2v) is 10.7. The van der Waals surface area contributed by atoms with Crippen LogP contribution in [0.3, 0.4) is 0 Å². The number of carbonyl (C=O) groups is 1. The molecule has 0 fully saturated rings. The van der Waals surface area contributed by atoms with Gasteiger partial charge in [0.05, 0.1) is 24.4 Å². The maximum Gasteiger partial charge on any atom is 0.242 e. The predicted octanol–water partition coefficient (Wildman–Crippen LogP) is 6.53. The summed E-state index contributed by atoms with van der Waals surface area (Å²) in [6.45, 7) is 3.87. The Balaban J connectivity index is 1.57. The van der Waals surface area contributed by atoms with Crippen LogP contribution >= 0.6 is 11.6 Å². The molecular weight excluding hydrogens is 572 g/mol. The molecule has 2 aromatic carbocycles. The van der Waals surface area contributed by atoms with Crippen molar-refractivity contribution >= 4 is 39.7 Å². The first kappa shape index (κ1) is 28.9. The molecular formula is C35H29ClN6O2. The van der Waals surface area contributed by atoms with E-state index < -0.39 is 6.04 Å². The molecule has 0 saturated carbocycles. The van der Waals surface area contributed by atoms with Crippen LogP contribution in [-0.2, 0) is 4.79 Å². The van der Waals surface area contributed by atoms with Crippen molar-refractivity contribution in [3.63, 3.8) is 0 Å². The van der Waals surface area contributed by atoms with Crippen molar-refractivity contribution in [3.05, 3.63) is 107 Å². The van der Waals surface area contributed by atoms with E-state index in [4.69, 9.17) is 26.3 Å². The van der Waals surface area contributed by atoms with E-state index in [-0.39, 0.29) is 5.91 Å². The first-order valence-corrected chi connectivity index (χ1v) is 14.4. The van der Waals surface area contributed by atoms with Crippen LogP contribution in [0.15, 0.2) is 85.2 Å². The van der Waals surface area contributed by atoms with Crippen LogP contribution in [0.1, 0.15) is 23.7 Å². The van der Waals surface area contributed by atoms with Crippen molar-refractivity contribution in [2.45, 2.75) is 19.9 Å². The van der Waals surface area contributed by atoms with Crippen LogP contribution in [0.25, 0.3) is 38.9 Å². The predicted molar refractivity (Wildman–Crippen MR) is 175 cm³/mol. The molecule has 0 aliphatic carbocycles. The van der Waals surface area contributed by atoms with E-state index in [1.54, 1.807) is 45.5 Å². The summed E-state index contributed by atoms with van der Waals surface area (Å²) in [6.07, 6.45) is 3.53. The zero-order valence-electron chi connectivity index (χ0n) is 24.6. The largest absolute Gasteiger partial charge is 0.481 e. The number of imidazole rings is 1. The number of pyridine rings is 3. The van der Waals surface area contributed by atoms with Crippen molar-refractivity contribution in [3.8, 4) is 40.2 Å². The summed E-state index contributed by atoms with van der Waals surface area (Å²) in [7, 11) is 3.30. The molecule has 8 nitrogen and oxygen atoms in total. The summed E-state index contributed by atoms with van der Waals surface area (Å²) in [6, 6.07) is 22.9. The standard InChI is InChI=1S/C35H29ClN6O2/c1-21-7-5-8-24-19-23(10-12-26(21)24)11-14-29-27(13-15-30(39-29)40-34(43)22(2)37-3)33-32(28-9-6-17-38-35(28)44-4)41-31-20-25(36)16-18-42(31)33/h5-10,12-13,15-20,22,37H,1-4H3,(H,39,40,43)/t22-/m0/s1. The number of anilines is 1. The van der Waals surface area contributed by atoms with E-state index in [0.717, 1.165) is 16.6 Å². The normalized spacial score (nSPS) is 11.7. The average Bonchev–Trinajstić information content (AvgIpc) is 3.41. The van der Waals surface area contributed by atoms with Crippen LogP contribution in [-0.4, -0.2) is 45.5 Å². The molecule has 1 amide bonds. The van der Waals surface area contributed by atoms with E-state index >= 15 is 0 Å². The third-order valence-electron chi connectivity index (χ3n) is 7.46. The minimum Gasteiger partial charge on any atom is -0.481 e. The lowest BCUT2D eigenvalue weighted by Crippen LogP contribution is -2.35. The van der Waals surface area contributed by atoms with E-state index in [2.05, 4.69) is 58.6 Å². The van der Waals surface area contributed by atoms with Gasteiger partial charge in [-0.3, -0.25) is 9.20 Å². The van der Waals surface area contributed by atoms with Gasteiger partial charge in [0, 0.05) is 34.6 Å². The zero-order valence-corrected chi connectivity index (χ0v) is 25.4. The fraction of sp³-hybridized carbons (Fsp3) is 0.143. The molecule has 6 rings (SSSR count). The van der Waals surface area contributed by atoms with Gasteiger partial charge in [0.2, 0.25) is 11.8 Å². The number of nitrogens with zero attached hydrogens (tertiary/aromatic N) is 4. The summed E-state index contributed by atoms with van der Waals surface area (Å²) in [5.74, 6) is 7.21. The Morgan fingerprint density at radius 1 is 1.00 bits per heavy atom. The molecule has 4 heterocycles. The van der Waals surface area contributed by atoms with Gasteiger partial charge in [-0.15, -0.1) is 0 Å². The number of rotatable bonds is 6. The number of nitrogens with one attached hydrogen (secondary N) is 2. The smallest absolute Gasteiger partial charge is 0.242 e. The highest BCUT2D eigenvalue weighted by Gasteiger charge is 2.23. The van der Waals surface area contributed by atoms with Gasteiger partial charge in [-0.1, -0.05) is 41.8 Å². The Bertz CT molecular complexity index is 2110. The average molecular weight is 601 g/mol. The number of methoxy groups -OCH3 is 1. The van der Waals surface area contributed by atoms with Gasteiger partial charge in [-0.05, 0) is 85.6 Å². The number of ether oxygens (including phenoxy) is 1. The Labute approximate surface area is 260 Å². The van der Waals surface area contributed by atoms with Crippen molar-refractivity contribution in [2.75, 3.05) is 19.5 Å². The number of carbonyl (C=O) groups excluding carboxylic acids is 1. The molecule has 218 valence electrons. The fourth-order valence-corrected chi connectivity index (χ4v) is 5.19. The molecule has 6 aromatic rings. The first-order valence-electron chi connectivity index (χ1n) is 14.0. The van der Waals surface area contributed by atoms with Crippen molar-refractivity contribution in [1.82, 2.24) is 24.7 Å². The van der Waals surface area contributed by atoms with Gasteiger partial charge >= 0.3 is 0 Å². The Hall–Kier alpha value is -5.23. The maximum absolute atomic E-state index is 12.7. The van der Waals surface area contributed by atoms with Crippen LogP contribution in [0, 0.1) is 18.8 Å². The molecule has 44 heavy (non-hydrogen) atoms. The van der Waals surface area contributed by atoms with E-state index in [1.807, 2.05) is 40.9 Å². The molecule has 1 atom stereocenters. The van der Waals surface area contributed by atoms with Gasteiger partial charge in [0.25, 0.3) is 0 Å². The fourth-order valence-electron chi connectivity index (χ4n) is 5.03. The number of likely N-dealkylation sites (N-methyl/N-ethyl adjacent to an activating group) is 1. The van der Waals surface area contributed by atoms with Gasteiger partial charge in [-0.2, -0.15) is 0 Å². The highest BCUT2D eigenvalue weighted by atomic mass is 35.5. The van der Waals surface area contributed by atoms with Gasteiger partial charge in [-0.25, -0.2) is 15.0 Å². The topological polar surface area (TPSA) is 93.4 Å². The van der Waals surface area contributed by atoms with E-state index in [0.29, 0.717) is 44.9 Å². The molecule has 0 saturated heterocycles. The number of fused-ring (bicyclic) bond motifs is 2. The van der Waals surface area contributed by atoms with E-state index in [9.17, 15) is 4.79 Å². The monoisotopic (exact) mass is 600 g/mol. The maximum atomic E-state index is 12.7. The quantitative estimate of drug-likeness (QED) is 0.211. The number of aromatic nitrogens is 4. The molecule has 0 radical (unpaired) electrons. The van der Waals surface area contributed by atoms with E-state index in [1.165, 1.54) is 10.9 Å². The lowest BCUT2D eigenvalue weighted by molar-refractivity contribution is -0.117. The number of hydrogen-bond acceptors (Lipinski definition) is 6. The minimum atomic E-state index is -0.403. The Kier molecular flexibility index (Phi) is 7.99.